The van der Waals surface area contributed by atoms with Crippen molar-refractivity contribution in [2.75, 3.05) is 0 Å². The summed E-state index contributed by atoms with van der Waals surface area (Å²) in [7, 11) is 0. The van der Waals surface area contributed by atoms with Crippen molar-refractivity contribution in [1.29, 1.82) is 0 Å². The Morgan fingerprint density at radius 1 is 1.05 bits per heavy atom. The van der Waals surface area contributed by atoms with Crippen molar-refractivity contribution in [3.05, 3.63) is 63.6 Å². The van der Waals surface area contributed by atoms with E-state index in [1.165, 1.54) is 6.07 Å². The summed E-state index contributed by atoms with van der Waals surface area (Å²) in [5, 5.41) is 9.10. The quantitative estimate of drug-likeness (QED) is 0.867. The van der Waals surface area contributed by atoms with Crippen molar-refractivity contribution in [2.45, 2.75) is 19.4 Å². The molecule has 0 aliphatic carbocycles. The van der Waals surface area contributed by atoms with Crippen LogP contribution in [0.4, 0.5) is 13.2 Å². The molecule has 1 N–H and O–H groups in total. The summed E-state index contributed by atoms with van der Waals surface area (Å²) in [6.07, 6.45) is -4.37. The van der Waals surface area contributed by atoms with Gasteiger partial charge in [0.1, 0.15) is 12.4 Å². The van der Waals surface area contributed by atoms with E-state index in [9.17, 15) is 13.2 Å². The van der Waals surface area contributed by atoms with Crippen molar-refractivity contribution in [3.8, 4) is 5.75 Å². The first-order chi connectivity index (χ1) is 9.88. The Kier molecular flexibility index (Phi) is 4.90. The van der Waals surface area contributed by atoms with Crippen molar-refractivity contribution in [2.24, 2.45) is 0 Å². The van der Waals surface area contributed by atoms with E-state index >= 15 is 0 Å². The highest BCUT2D eigenvalue weighted by atomic mass is 79.9. The highest BCUT2D eigenvalue weighted by Crippen LogP contribution is 2.30. The fourth-order valence-electron chi connectivity index (χ4n) is 1.80. The van der Waals surface area contributed by atoms with Crippen LogP contribution in [0.25, 0.3) is 0 Å². The number of rotatable bonds is 4. The maximum atomic E-state index is 12.6. The normalized spacial score (nSPS) is 11.5. The van der Waals surface area contributed by atoms with Gasteiger partial charge in [0.05, 0.1) is 12.2 Å². The zero-order valence-corrected chi connectivity index (χ0v) is 12.4. The lowest BCUT2D eigenvalue weighted by molar-refractivity contribution is -0.137. The van der Waals surface area contributed by atoms with Crippen LogP contribution < -0.4 is 4.74 Å². The van der Waals surface area contributed by atoms with Crippen molar-refractivity contribution in [1.82, 2.24) is 0 Å². The summed E-state index contributed by atoms with van der Waals surface area (Å²) in [6, 6.07) is 10.1. The van der Waals surface area contributed by atoms with E-state index in [4.69, 9.17) is 9.84 Å². The Hall–Kier alpha value is -1.53. The number of hydrogen-bond donors (Lipinski definition) is 1. The second kappa shape index (κ2) is 6.49. The molecular formula is C15H12BrF3O2. The standard InChI is InChI=1S/C15H12BrF3O2/c16-13-5-11(8-20)6-14(7-13)21-9-10-2-1-3-12(4-10)15(17,18)19/h1-7,20H,8-9H2. The van der Waals surface area contributed by atoms with Gasteiger partial charge in [0.15, 0.2) is 0 Å². The number of alkyl halides is 3. The molecule has 0 radical (unpaired) electrons. The molecule has 0 spiro atoms. The van der Waals surface area contributed by atoms with Crippen molar-refractivity contribution >= 4 is 15.9 Å². The van der Waals surface area contributed by atoms with E-state index in [0.717, 1.165) is 16.6 Å². The zero-order valence-electron chi connectivity index (χ0n) is 10.8. The monoisotopic (exact) mass is 360 g/mol. The number of halogens is 4. The number of benzene rings is 2. The molecule has 2 aromatic carbocycles. The molecule has 0 unspecified atom stereocenters. The molecule has 0 aliphatic rings. The van der Waals surface area contributed by atoms with Gasteiger partial charge in [0.25, 0.3) is 0 Å². The second-order valence-corrected chi connectivity index (χ2v) is 5.36. The Bertz CT molecular complexity index is 627. The van der Waals surface area contributed by atoms with Crippen LogP contribution in [0, 0.1) is 0 Å². The van der Waals surface area contributed by atoms with Crippen LogP contribution >= 0.6 is 15.9 Å². The molecule has 0 atom stereocenters. The minimum absolute atomic E-state index is 0.0191. The number of aliphatic hydroxyl groups is 1. The van der Waals surface area contributed by atoms with Gasteiger partial charge in [-0.05, 0) is 41.5 Å². The third-order valence-corrected chi connectivity index (χ3v) is 3.23. The minimum atomic E-state index is -4.37. The summed E-state index contributed by atoms with van der Waals surface area (Å²) < 4.78 is 44.0. The van der Waals surface area contributed by atoms with E-state index in [-0.39, 0.29) is 13.2 Å². The van der Waals surface area contributed by atoms with Gasteiger partial charge in [-0.3, -0.25) is 0 Å². The zero-order chi connectivity index (χ0) is 15.5. The summed E-state index contributed by atoms with van der Waals surface area (Å²) in [5.41, 5.74) is 0.382. The van der Waals surface area contributed by atoms with Gasteiger partial charge in [-0.2, -0.15) is 13.2 Å². The summed E-state index contributed by atoms with van der Waals surface area (Å²) in [4.78, 5) is 0. The number of hydrogen-bond acceptors (Lipinski definition) is 2. The minimum Gasteiger partial charge on any atom is -0.489 e. The van der Waals surface area contributed by atoms with Crippen LogP contribution in [0.3, 0.4) is 0 Å². The van der Waals surface area contributed by atoms with Gasteiger partial charge < -0.3 is 9.84 Å². The van der Waals surface area contributed by atoms with E-state index in [2.05, 4.69) is 15.9 Å². The predicted octanol–water partition coefficient (Wildman–Crippen LogP) is 4.54. The lowest BCUT2D eigenvalue weighted by Crippen LogP contribution is -2.06. The fourth-order valence-corrected chi connectivity index (χ4v) is 2.32. The predicted molar refractivity (Wildman–Crippen MR) is 75.8 cm³/mol. The fraction of sp³-hybridized carbons (Fsp3) is 0.200. The van der Waals surface area contributed by atoms with Crippen molar-refractivity contribution in [3.63, 3.8) is 0 Å². The van der Waals surface area contributed by atoms with E-state index in [1.54, 1.807) is 24.3 Å². The average Bonchev–Trinajstić information content (AvgIpc) is 2.44. The molecule has 112 valence electrons. The Balaban J connectivity index is 2.11. The largest absolute Gasteiger partial charge is 0.489 e. The lowest BCUT2D eigenvalue weighted by Gasteiger charge is -2.11. The van der Waals surface area contributed by atoms with Crippen LogP contribution in [0.15, 0.2) is 46.9 Å². The smallest absolute Gasteiger partial charge is 0.416 e. The molecule has 0 amide bonds. The molecule has 21 heavy (non-hydrogen) atoms. The van der Waals surface area contributed by atoms with E-state index in [1.807, 2.05) is 0 Å². The van der Waals surface area contributed by atoms with Gasteiger partial charge in [0, 0.05) is 4.47 Å². The van der Waals surface area contributed by atoms with Gasteiger partial charge >= 0.3 is 6.18 Å². The lowest BCUT2D eigenvalue weighted by atomic mass is 10.1. The molecule has 0 saturated heterocycles. The molecule has 2 aromatic rings. The molecule has 2 rings (SSSR count). The highest BCUT2D eigenvalue weighted by Gasteiger charge is 2.30. The Morgan fingerprint density at radius 2 is 1.81 bits per heavy atom. The number of aliphatic hydroxyl groups excluding tert-OH is 1. The highest BCUT2D eigenvalue weighted by molar-refractivity contribution is 9.10. The molecule has 2 nitrogen and oxygen atoms in total. The molecule has 0 heterocycles. The average molecular weight is 361 g/mol. The van der Waals surface area contributed by atoms with Crippen LogP contribution in [-0.2, 0) is 19.4 Å². The third-order valence-electron chi connectivity index (χ3n) is 2.77. The topological polar surface area (TPSA) is 29.5 Å². The molecule has 0 fully saturated rings. The van der Waals surface area contributed by atoms with Crippen LogP contribution in [0.5, 0.6) is 5.75 Å². The van der Waals surface area contributed by atoms with E-state index in [0.29, 0.717) is 16.9 Å². The number of ether oxygens (including phenoxy) is 1. The van der Waals surface area contributed by atoms with Crippen LogP contribution in [0.1, 0.15) is 16.7 Å². The summed E-state index contributed by atoms with van der Waals surface area (Å²) in [5.74, 6) is 0.478. The first kappa shape index (κ1) is 15.9. The molecule has 0 saturated carbocycles. The molecule has 0 bridgehead atoms. The molecule has 6 heteroatoms. The van der Waals surface area contributed by atoms with E-state index < -0.39 is 11.7 Å². The molecule has 0 aromatic heterocycles. The second-order valence-electron chi connectivity index (χ2n) is 4.44. The van der Waals surface area contributed by atoms with Crippen LogP contribution in [-0.4, -0.2) is 5.11 Å². The van der Waals surface area contributed by atoms with Gasteiger partial charge in [-0.25, -0.2) is 0 Å². The van der Waals surface area contributed by atoms with Crippen molar-refractivity contribution < 1.29 is 23.0 Å². The maximum Gasteiger partial charge on any atom is 0.416 e. The maximum absolute atomic E-state index is 12.6. The summed E-state index contributed by atoms with van der Waals surface area (Å²) in [6.45, 7) is -0.120. The van der Waals surface area contributed by atoms with Gasteiger partial charge in [-0.1, -0.05) is 28.1 Å². The van der Waals surface area contributed by atoms with Gasteiger partial charge in [0.2, 0.25) is 0 Å². The first-order valence-electron chi connectivity index (χ1n) is 6.08. The third kappa shape index (κ3) is 4.47. The first-order valence-corrected chi connectivity index (χ1v) is 6.87. The molecular weight excluding hydrogens is 349 g/mol. The Morgan fingerprint density at radius 3 is 2.48 bits per heavy atom. The van der Waals surface area contributed by atoms with Gasteiger partial charge in [-0.15, -0.1) is 0 Å². The SMILES string of the molecule is OCc1cc(Br)cc(OCc2cccc(C(F)(F)F)c2)c1. The van der Waals surface area contributed by atoms with Crippen LogP contribution in [0.2, 0.25) is 0 Å². The molecule has 0 aliphatic heterocycles. The summed E-state index contributed by atoms with van der Waals surface area (Å²) >= 11 is 3.28. The Labute approximate surface area is 128 Å².